The fraction of sp³-hybridized carbons (Fsp3) is 0.500. The first-order chi connectivity index (χ1) is 7.99. The molecule has 0 N–H and O–H groups in total. The van der Waals surface area contributed by atoms with E-state index in [0.717, 1.165) is 0 Å². The first kappa shape index (κ1) is 16.1. The molecule has 0 atom stereocenters. The van der Waals surface area contributed by atoms with Gasteiger partial charge in [-0.05, 0) is 0 Å². The monoisotopic (exact) mass is 278 g/mol. The third-order valence-corrected chi connectivity index (χ3v) is 1.00. The number of rotatable bonds is 2. The van der Waals surface area contributed by atoms with Gasteiger partial charge in [0.05, 0.1) is 0 Å². The zero-order valence-corrected chi connectivity index (χ0v) is 8.31. The Bertz CT molecular complexity index is 338. The van der Waals surface area contributed by atoms with Crippen LogP contribution in [0.2, 0.25) is 0 Å². The summed E-state index contributed by atoms with van der Waals surface area (Å²) in [5, 5.41) is 0. The summed E-state index contributed by atoms with van der Waals surface area (Å²) in [6.45, 7) is -3.84. The molecular formula is C8H4F6O4. The summed E-state index contributed by atoms with van der Waals surface area (Å²) in [6, 6.07) is 0. The van der Waals surface area contributed by atoms with Crippen LogP contribution in [0.5, 0.6) is 0 Å². The Morgan fingerprint density at radius 1 is 0.778 bits per heavy atom. The maximum Gasteiger partial charge on any atom is 0.422 e. The maximum absolute atomic E-state index is 11.5. The van der Waals surface area contributed by atoms with Crippen LogP contribution in [0.15, 0.2) is 0 Å². The predicted octanol–water partition coefficient (Wildman–Crippen LogP) is 1.20. The van der Waals surface area contributed by atoms with E-state index in [1.165, 1.54) is 11.8 Å². The molecule has 4 nitrogen and oxygen atoms in total. The summed E-state index contributed by atoms with van der Waals surface area (Å²) in [4.78, 5) is 20.9. The summed E-state index contributed by atoms with van der Waals surface area (Å²) in [6.07, 6.45) is -9.54. The lowest BCUT2D eigenvalue weighted by Crippen LogP contribution is -2.20. The topological polar surface area (TPSA) is 52.6 Å². The van der Waals surface area contributed by atoms with Crippen LogP contribution in [0.1, 0.15) is 0 Å². The third kappa shape index (κ3) is 10.6. The van der Waals surface area contributed by atoms with Crippen LogP contribution >= 0.6 is 0 Å². The zero-order valence-electron chi connectivity index (χ0n) is 8.31. The molecule has 0 amide bonds. The van der Waals surface area contributed by atoms with E-state index < -0.39 is 37.5 Å². The first-order valence-electron chi connectivity index (χ1n) is 3.98. The van der Waals surface area contributed by atoms with Crippen molar-refractivity contribution in [1.82, 2.24) is 0 Å². The van der Waals surface area contributed by atoms with Crippen LogP contribution in [-0.2, 0) is 19.1 Å². The van der Waals surface area contributed by atoms with Gasteiger partial charge in [0.15, 0.2) is 13.2 Å². The molecule has 0 bridgehead atoms. The van der Waals surface area contributed by atoms with Gasteiger partial charge in [-0.3, -0.25) is 0 Å². The Kier molecular flexibility index (Phi) is 5.48. The lowest BCUT2D eigenvalue weighted by molar-refractivity contribution is -0.182. The number of carbonyl (C=O) groups is 2. The Labute approximate surface area is 95.8 Å². The lowest BCUT2D eigenvalue weighted by atomic mass is 10.5. The summed E-state index contributed by atoms with van der Waals surface area (Å²) < 4.78 is 76.2. The molecule has 0 radical (unpaired) electrons. The largest absolute Gasteiger partial charge is 0.446 e. The molecule has 0 saturated heterocycles. The summed E-state index contributed by atoms with van der Waals surface area (Å²) in [5.74, 6) is -0.947. The van der Waals surface area contributed by atoms with Gasteiger partial charge >= 0.3 is 24.3 Å². The Hall–Kier alpha value is -1.92. The van der Waals surface area contributed by atoms with E-state index in [0.29, 0.717) is 0 Å². The van der Waals surface area contributed by atoms with Crippen molar-refractivity contribution in [1.29, 1.82) is 0 Å². The van der Waals surface area contributed by atoms with E-state index in [-0.39, 0.29) is 0 Å². The average molecular weight is 278 g/mol. The van der Waals surface area contributed by atoms with Crippen LogP contribution in [0, 0.1) is 11.8 Å². The van der Waals surface area contributed by atoms with Crippen molar-refractivity contribution in [3.05, 3.63) is 0 Å². The van der Waals surface area contributed by atoms with Gasteiger partial charge in [0.2, 0.25) is 0 Å². The number of ether oxygens (including phenoxy) is 2. The molecule has 0 spiro atoms. The van der Waals surface area contributed by atoms with E-state index in [4.69, 9.17) is 0 Å². The molecule has 0 aromatic heterocycles. The van der Waals surface area contributed by atoms with E-state index in [1.807, 2.05) is 0 Å². The molecule has 0 heterocycles. The number of esters is 2. The van der Waals surface area contributed by atoms with Crippen LogP contribution in [0.25, 0.3) is 0 Å². The number of carbonyl (C=O) groups excluding carboxylic acids is 2. The van der Waals surface area contributed by atoms with E-state index >= 15 is 0 Å². The summed E-state index contributed by atoms with van der Waals surface area (Å²) in [7, 11) is 0. The van der Waals surface area contributed by atoms with E-state index in [9.17, 15) is 35.9 Å². The highest BCUT2D eigenvalue weighted by atomic mass is 19.4. The number of halogens is 6. The van der Waals surface area contributed by atoms with Gasteiger partial charge in [-0.15, -0.1) is 0 Å². The standard InChI is InChI=1S/C8H4F6O4/c9-7(10,11)3-17-5(15)1-2-6(16)18-4-8(12,13)14/h3-4H2. The van der Waals surface area contributed by atoms with Gasteiger partial charge in [-0.2, -0.15) is 26.3 Å². The van der Waals surface area contributed by atoms with Crippen LogP contribution < -0.4 is 0 Å². The molecule has 102 valence electrons. The number of alkyl halides is 6. The molecule has 0 aromatic carbocycles. The van der Waals surface area contributed by atoms with Gasteiger partial charge in [-0.1, -0.05) is 0 Å². The Morgan fingerprint density at radius 3 is 1.28 bits per heavy atom. The van der Waals surface area contributed by atoms with Gasteiger partial charge < -0.3 is 9.47 Å². The number of hydrogen-bond donors (Lipinski definition) is 0. The molecule has 0 fully saturated rings. The minimum atomic E-state index is -4.77. The molecule has 0 aliphatic heterocycles. The zero-order chi connectivity index (χ0) is 14.4. The highest BCUT2D eigenvalue weighted by molar-refractivity contribution is 5.98. The highest BCUT2D eigenvalue weighted by Gasteiger charge is 2.30. The molecular weight excluding hydrogens is 274 g/mol. The third-order valence-electron chi connectivity index (χ3n) is 1.00. The second-order valence-electron chi connectivity index (χ2n) is 2.63. The van der Waals surface area contributed by atoms with Crippen molar-refractivity contribution in [3.8, 4) is 11.8 Å². The van der Waals surface area contributed by atoms with Gasteiger partial charge in [0.25, 0.3) is 0 Å². The number of hydrogen-bond acceptors (Lipinski definition) is 4. The fourth-order valence-electron chi connectivity index (χ4n) is 0.469. The normalized spacial score (nSPS) is 11.2. The van der Waals surface area contributed by atoms with Crippen LogP contribution in [0.3, 0.4) is 0 Å². The average Bonchev–Trinajstić information content (AvgIpc) is 2.18. The van der Waals surface area contributed by atoms with Gasteiger partial charge in [-0.25, -0.2) is 9.59 Å². The van der Waals surface area contributed by atoms with Crippen molar-refractivity contribution in [2.75, 3.05) is 13.2 Å². The van der Waals surface area contributed by atoms with Crippen LogP contribution in [0.4, 0.5) is 26.3 Å². The quantitative estimate of drug-likeness (QED) is 0.329. The van der Waals surface area contributed by atoms with Crippen molar-refractivity contribution in [2.45, 2.75) is 12.4 Å². The molecule has 0 aliphatic carbocycles. The predicted molar refractivity (Wildman–Crippen MR) is 41.8 cm³/mol. The molecule has 10 heteroatoms. The van der Waals surface area contributed by atoms with Crippen LogP contribution in [-0.4, -0.2) is 37.5 Å². The van der Waals surface area contributed by atoms with Crippen molar-refractivity contribution < 1.29 is 45.4 Å². The van der Waals surface area contributed by atoms with Crippen molar-refractivity contribution in [3.63, 3.8) is 0 Å². The van der Waals surface area contributed by atoms with Gasteiger partial charge in [0.1, 0.15) is 0 Å². The second kappa shape index (κ2) is 6.13. The Balaban J connectivity index is 4.09. The minimum absolute atomic E-state index is 1.24. The Morgan fingerprint density at radius 2 is 1.06 bits per heavy atom. The van der Waals surface area contributed by atoms with Crippen molar-refractivity contribution >= 4 is 11.9 Å². The maximum atomic E-state index is 11.5. The SMILES string of the molecule is O=C(C#CC(=O)OCC(F)(F)F)OCC(F)(F)F. The smallest absolute Gasteiger partial charge is 0.422 e. The molecule has 18 heavy (non-hydrogen) atoms. The van der Waals surface area contributed by atoms with Crippen molar-refractivity contribution in [2.24, 2.45) is 0 Å². The fourth-order valence-corrected chi connectivity index (χ4v) is 0.469. The molecule has 0 rings (SSSR count). The molecule has 0 saturated carbocycles. The molecule has 0 unspecified atom stereocenters. The van der Waals surface area contributed by atoms with Gasteiger partial charge in [0, 0.05) is 11.8 Å². The molecule has 0 aromatic rings. The lowest BCUT2D eigenvalue weighted by Gasteiger charge is -2.04. The first-order valence-corrected chi connectivity index (χ1v) is 3.98. The summed E-state index contributed by atoms with van der Waals surface area (Å²) >= 11 is 0. The second-order valence-corrected chi connectivity index (χ2v) is 2.63. The van der Waals surface area contributed by atoms with E-state index in [1.54, 1.807) is 0 Å². The minimum Gasteiger partial charge on any atom is -0.446 e. The highest BCUT2D eigenvalue weighted by Crippen LogP contribution is 2.14. The van der Waals surface area contributed by atoms with E-state index in [2.05, 4.69) is 9.47 Å². The molecule has 0 aliphatic rings. The summed E-state index contributed by atoms with van der Waals surface area (Å²) in [5.41, 5.74) is 0.